The lowest BCUT2D eigenvalue weighted by molar-refractivity contribution is -0.124. The standard InChI is InChI=1S/C24H29N3O8S/c1-14-10-17(14)23(29)27-19-12-21(34-3)20(33-2)11-18(19)24(30)35-13-22(28)26-9-8-15-4-6-16(7-5-15)36(25,31)32/h4-7,11-12,14,17H,8-10,13H2,1-3H3,(H,26,28)(H,27,29)(H2,25,31,32)/t14-,17+/m0/s1. The number of sulfonamides is 1. The van der Waals surface area contributed by atoms with Crippen LogP contribution in [-0.2, 0) is 30.8 Å². The van der Waals surface area contributed by atoms with Gasteiger partial charge in [-0.05, 0) is 36.5 Å². The molecule has 0 radical (unpaired) electrons. The first kappa shape index (κ1) is 27.0. The molecule has 0 heterocycles. The third-order valence-electron chi connectivity index (χ3n) is 5.77. The van der Waals surface area contributed by atoms with E-state index in [1.807, 2.05) is 6.92 Å². The molecule has 1 saturated carbocycles. The Bertz CT molecular complexity index is 1240. The van der Waals surface area contributed by atoms with Gasteiger partial charge in [0.1, 0.15) is 0 Å². The van der Waals surface area contributed by atoms with Crippen LogP contribution >= 0.6 is 0 Å². The van der Waals surface area contributed by atoms with E-state index in [1.54, 1.807) is 12.1 Å². The highest BCUT2D eigenvalue weighted by atomic mass is 32.2. The number of benzene rings is 2. The number of hydrogen-bond acceptors (Lipinski definition) is 8. The number of amides is 2. The summed E-state index contributed by atoms with van der Waals surface area (Å²) in [4.78, 5) is 37.4. The average Bonchev–Trinajstić information content (AvgIpc) is 3.58. The largest absolute Gasteiger partial charge is 0.493 e. The highest BCUT2D eigenvalue weighted by Gasteiger charge is 2.39. The maximum absolute atomic E-state index is 12.8. The molecule has 1 aliphatic rings. The van der Waals surface area contributed by atoms with Gasteiger partial charge in [-0.2, -0.15) is 0 Å². The number of esters is 1. The molecule has 0 unspecified atom stereocenters. The normalized spacial score (nSPS) is 16.6. The Labute approximate surface area is 209 Å². The lowest BCUT2D eigenvalue weighted by atomic mass is 10.1. The third kappa shape index (κ3) is 6.95. The van der Waals surface area contributed by atoms with Crippen molar-refractivity contribution in [3.8, 4) is 11.5 Å². The predicted octanol–water partition coefficient (Wildman–Crippen LogP) is 1.46. The summed E-state index contributed by atoms with van der Waals surface area (Å²) < 4.78 is 38.3. The van der Waals surface area contributed by atoms with Crippen molar-refractivity contribution in [3.63, 3.8) is 0 Å². The van der Waals surface area contributed by atoms with E-state index in [1.165, 1.54) is 38.5 Å². The van der Waals surface area contributed by atoms with Crippen LogP contribution in [0, 0.1) is 11.8 Å². The zero-order valence-corrected chi connectivity index (χ0v) is 21.0. The number of carbonyl (C=O) groups is 3. The first-order valence-electron chi connectivity index (χ1n) is 11.2. The van der Waals surface area contributed by atoms with Crippen LogP contribution in [0.25, 0.3) is 0 Å². The van der Waals surface area contributed by atoms with Crippen LogP contribution in [0.3, 0.4) is 0 Å². The second-order valence-corrected chi connectivity index (χ2v) is 9.99. The number of primary sulfonamides is 1. The Balaban J connectivity index is 1.57. The van der Waals surface area contributed by atoms with Crippen molar-refractivity contribution >= 4 is 33.5 Å². The van der Waals surface area contributed by atoms with Crippen molar-refractivity contribution < 1.29 is 37.0 Å². The van der Waals surface area contributed by atoms with Gasteiger partial charge in [0.25, 0.3) is 5.91 Å². The first-order chi connectivity index (χ1) is 17.0. The Hall–Kier alpha value is -3.64. The fourth-order valence-corrected chi connectivity index (χ4v) is 4.03. The monoisotopic (exact) mass is 519 g/mol. The summed E-state index contributed by atoms with van der Waals surface area (Å²) in [6.45, 7) is 1.67. The van der Waals surface area contributed by atoms with Gasteiger partial charge in [-0.1, -0.05) is 19.1 Å². The molecule has 0 aliphatic heterocycles. The Morgan fingerprint density at radius 1 is 1.06 bits per heavy atom. The fourth-order valence-electron chi connectivity index (χ4n) is 3.52. The van der Waals surface area contributed by atoms with E-state index < -0.39 is 28.5 Å². The van der Waals surface area contributed by atoms with Gasteiger partial charge in [0.15, 0.2) is 18.1 Å². The molecule has 3 rings (SSSR count). The van der Waals surface area contributed by atoms with Gasteiger partial charge in [-0.15, -0.1) is 0 Å². The van der Waals surface area contributed by atoms with Crippen molar-refractivity contribution in [1.29, 1.82) is 0 Å². The summed E-state index contributed by atoms with van der Waals surface area (Å²) in [6.07, 6.45) is 1.20. The minimum atomic E-state index is -3.77. The molecule has 0 saturated heterocycles. The first-order valence-corrected chi connectivity index (χ1v) is 12.7. The Kier molecular flexibility index (Phi) is 8.53. The molecule has 4 N–H and O–H groups in total. The van der Waals surface area contributed by atoms with Crippen molar-refractivity contribution in [2.45, 2.75) is 24.7 Å². The zero-order valence-electron chi connectivity index (χ0n) is 20.2. The molecule has 36 heavy (non-hydrogen) atoms. The third-order valence-corrected chi connectivity index (χ3v) is 6.70. The van der Waals surface area contributed by atoms with Gasteiger partial charge < -0.3 is 24.8 Å². The molecule has 1 fully saturated rings. The van der Waals surface area contributed by atoms with Crippen molar-refractivity contribution in [1.82, 2.24) is 5.32 Å². The van der Waals surface area contributed by atoms with E-state index in [9.17, 15) is 22.8 Å². The van der Waals surface area contributed by atoms with E-state index in [2.05, 4.69) is 10.6 Å². The molecule has 0 spiro atoms. The molecule has 0 aromatic heterocycles. The van der Waals surface area contributed by atoms with Gasteiger partial charge >= 0.3 is 5.97 Å². The van der Waals surface area contributed by atoms with Crippen LogP contribution in [-0.4, -0.2) is 53.6 Å². The van der Waals surface area contributed by atoms with Crippen molar-refractivity contribution in [2.75, 3.05) is 32.7 Å². The summed E-state index contributed by atoms with van der Waals surface area (Å²) in [7, 11) is -0.927. The number of hydrogen-bond donors (Lipinski definition) is 3. The molecule has 11 nitrogen and oxygen atoms in total. The highest BCUT2D eigenvalue weighted by molar-refractivity contribution is 7.89. The molecule has 12 heteroatoms. The van der Waals surface area contributed by atoms with E-state index in [-0.39, 0.29) is 46.2 Å². The maximum Gasteiger partial charge on any atom is 0.340 e. The van der Waals surface area contributed by atoms with Gasteiger partial charge in [0.05, 0.1) is 30.4 Å². The Morgan fingerprint density at radius 3 is 2.22 bits per heavy atom. The van der Waals surface area contributed by atoms with Crippen LogP contribution in [0.4, 0.5) is 5.69 Å². The topological polar surface area (TPSA) is 163 Å². The number of methoxy groups -OCH3 is 2. The summed E-state index contributed by atoms with van der Waals surface area (Å²) in [5, 5.41) is 10.4. The average molecular weight is 520 g/mol. The van der Waals surface area contributed by atoms with E-state index >= 15 is 0 Å². The van der Waals surface area contributed by atoms with E-state index in [4.69, 9.17) is 19.3 Å². The summed E-state index contributed by atoms with van der Waals surface area (Å²) in [5.74, 6) is -0.812. The fraction of sp³-hybridized carbons (Fsp3) is 0.375. The van der Waals surface area contributed by atoms with Gasteiger partial charge in [-0.3, -0.25) is 9.59 Å². The van der Waals surface area contributed by atoms with Crippen LogP contribution in [0.1, 0.15) is 29.3 Å². The Morgan fingerprint density at radius 2 is 1.67 bits per heavy atom. The van der Waals surface area contributed by atoms with Gasteiger partial charge in [-0.25, -0.2) is 18.4 Å². The van der Waals surface area contributed by atoms with E-state index in [0.29, 0.717) is 12.2 Å². The van der Waals surface area contributed by atoms with Gasteiger partial charge in [0, 0.05) is 24.6 Å². The smallest absolute Gasteiger partial charge is 0.340 e. The lowest BCUT2D eigenvalue weighted by Gasteiger charge is -2.15. The number of anilines is 1. The van der Waals surface area contributed by atoms with Crippen molar-refractivity contribution in [2.24, 2.45) is 17.0 Å². The van der Waals surface area contributed by atoms with Crippen LogP contribution in [0.5, 0.6) is 11.5 Å². The minimum absolute atomic E-state index is 0.000405. The quantitative estimate of drug-likeness (QED) is 0.376. The summed E-state index contributed by atoms with van der Waals surface area (Å²) in [5.41, 5.74) is 1.01. The number of nitrogens with one attached hydrogen (secondary N) is 2. The second-order valence-electron chi connectivity index (χ2n) is 8.43. The number of nitrogens with two attached hydrogens (primary N) is 1. The highest BCUT2D eigenvalue weighted by Crippen LogP contribution is 2.40. The number of ether oxygens (including phenoxy) is 3. The van der Waals surface area contributed by atoms with Gasteiger partial charge in [0.2, 0.25) is 15.9 Å². The van der Waals surface area contributed by atoms with Crippen LogP contribution in [0.15, 0.2) is 41.3 Å². The predicted molar refractivity (Wildman–Crippen MR) is 130 cm³/mol. The molecule has 2 aromatic carbocycles. The molecule has 2 amide bonds. The zero-order chi connectivity index (χ0) is 26.5. The molecule has 0 bridgehead atoms. The maximum atomic E-state index is 12.8. The molecule has 2 aromatic rings. The summed E-state index contributed by atoms with van der Waals surface area (Å²) in [6, 6.07) is 8.83. The number of carbonyl (C=O) groups excluding carboxylic acids is 3. The second kappa shape index (κ2) is 11.4. The lowest BCUT2D eigenvalue weighted by Crippen LogP contribution is -2.30. The van der Waals surface area contributed by atoms with E-state index in [0.717, 1.165) is 12.0 Å². The molecule has 1 aliphatic carbocycles. The SMILES string of the molecule is COc1cc(NC(=O)[C@@H]2C[C@@H]2C)c(C(=O)OCC(=O)NCCc2ccc(S(N)(=O)=O)cc2)cc1OC. The molecule has 194 valence electrons. The molecule has 2 atom stereocenters. The molecular formula is C24H29N3O8S. The minimum Gasteiger partial charge on any atom is -0.493 e. The van der Waals surface area contributed by atoms with Crippen LogP contribution in [0.2, 0.25) is 0 Å². The summed E-state index contributed by atoms with van der Waals surface area (Å²) >= 11 is 0. The number of rotatable bonds is 11. The van der Waals surface area contributed by atoms with Crippen LogP contribution < -0.4 is 25.2 Å². The van der Waals surface area contributed by atoms with Crippen molar-refractivity contribution in [3.05, 3.63) is 47.5 Å². The molecular weight excluding hydrogens is 490 g/mol.